The molecule has 0 aliphatic rings. The van der Waals surface area contributed by atoms with Gasteiger partial charge in [0, 0.05) is 17.0 Å². The summed E-state index contributed by atoms with van der Waals surface area (Å²) in [5.74, 6) is 0. The molecular formula is C11H10NS2+. The molecule has 2 aromatic heterocycles. The van der Waals surface area contributed by atoms with E-state index in [0.717, 1.165) is 0 Å². The largest absolute Gasteiger partial charge is 0.200 e. The third-order valence-corrected chi connectivity index (χ3v) is 4.73. The van der Waals surface area contributed by atoms with Crippen molar-refractivity contribution in [3.8, 4) is 0 Å². The molecule has 0 radical (unpaired) electrons. The summed E-state index contributed by atoms with van der Waals surface area (Å²) in [5.41, 5.74) is 1.36. The van der Waals surface area contributed by atoms with Crippen molar-refractivity contribution in [3.05, 3.63) is 29.3 Å². The molecule has 3 aromatic rings. The Balaban J connectivity index is 2.63. The van der Waals surface area contributed by atoms with Gasteiger partial charge in [-0.2, -0.15) is 0 Å². The van der Waals surface area contributed by atoms with E-state index >= 15 is 0 Å². The Labute approximate surface area is 90.4 Å². The molecule has 0 saturated carbocycles. The maximum atomic E-state index is 2.24. The van der Waals surface area contributed by atoms with Gasteiger partial charge in [-0.3, -0.25) is 0 Å². The van der Waals surface area contributed by atoms with Crippen LogP contribution in [0.25, 0.3) is 20.2 Å². The number of aryl methyl sites for hydroxylation is 2. The van der Waals surface area contributed by atoms with Crippen molar-refractivity contribution in [3.63, 3.8) is 0 Å². The van der Waals surface area contributed by atoms with Crippen LogP contribution in [0.1, 0.15) is 5.69 Å². The van der Waals surface area contributed by atoms with Crippen LogP contribution in [-0.4, -0.2) is 0 Å². The number of nitrogens with zero attached hydrogens (tertiary/aromatic N) is 1. The third kappa shape index (κ3) is 0.967. The monoisotopic (exact) mass is 220 g/mol. The molecule has 0 amide bonds. The molecule has 0 unspecified atom stereocenters. The first-order valence-corrected chi connectivity index (χ1v) is 6.18. The van der Waals surface area contributed by atoms with E-state index in [1.54, 1.807) is 0 Å². The van der Waals surface area contributed by atoms with Crippen molar-refractivity contribution in [2.24, 2.45) is 7.05 Å². The summed E-state index contributed by atoms with van der Waals surface area (Å²) < 4.78 is 5.05. The van der Waals surface area contributed by atoms with Crippen molar-refractivity contribution >= 4 is 43.0 Å². The van der Waals surface area contributed by atoms with Gasteiger partial charge in [-0.15, -0.1) is 15.3 Å². The van der Waals surface area contributed by atoms with E-state index in [4.69, 9.17) is 0 Å². The molecule has 70 valence electrons. The topological polar surface area (TPSA) is 3.88 Å². The van der Waals surface area contributed by atoms with Crippen LogP contribution in [0.3, 0.4) is 0 Å². The zero-order valence-corrected chi connectivity index (χ0v) is 9.71. The molecule has 0 bridgehead atoms. The van der Waals surface area contributed by atoms with Crippen LogP contribution in [0.15, 0.2) is 23.6 Å². The Morgan fingerprint density at radius 2 is 2.00 bits per heavy atom. The number of benzene rings is 1. The van der Waals surface area contributed by atoms with E-state index < -0.39 is 0 Å². The summed E-state index contributed by atoms with van der Waals surface area (Å²) in [7, 11) is 2.12. The summed E-state index contributed by atoms with van der Waals surface area (Å²) in [6, 6.07) is 6.68. The highest BCUT2D eigenvalue weighted by Crippen LogP contribution is 2.32. The van der Waals surface area contributed by atoms with Gasteiger partial charge in [0.2, 0.25) is 5.69 Å². The van der Waals surface area contributed by atoms with Gasteiger partial charge in [-0.25, -0.2) is 0 Å². The van der Waals surface area contributed by atoms with Crippen LogP contribution >= 0.6 is 22.9 Å². The molecule has 1 nitrogen and oxygen atoms in total. The summed E-state index contributed by atoms with van der Waals surface area (Å²) in [4.78, 5) is 0. The highest BCUT2D eigenvalue weighted by atomic mass is 32.1. The normalized spacial score (nSPS) is 11.6. The van der Waals surface area contributed by atoms with Gasteiger partial charge in [0.25, 0.3) is 0 Å². The lowest BCUT2D eigenvalue weighted by Gasteiger charge is -1.88. The molecule has 14 heavy (non-hydrogen) atoms. The van der Waals surface area contributed by atoms with Gasteiger partial charge in [0.1, 0.15) is 16.2 Å². The van der Waals surface area contributed by atoms with E-state index in [-0.39, 0.29) is 0 Å². The highest BCUT2D eigenvalue weighted by Gasteiger charge is 2.15. The lowest BCUT2D eigenvalue weighted by atomic mass is 10.2. The summed E-state index contributed by atoms with van der Waals surface area (Å²) in [6.07, 6.45) is 0. The number of aromatic nitrogens is 1. The van der Waals surface area contributed by atoms with Gasteiger partial charge in [0.05, 0.1) is 5.39 Å². The number of thiophene rings is 1. The molecule has 0 atom stereocenters. The predicted octanol–water partition coefficient (Wildman–Crippen LogP) is 3.25. The van der Waals surface area contributed by atoms with Gasteiger partial charge in [0.15, 0.2) is 7.05 Å². The SMILES string of the molecule is Cc1c2ccc3sccc3c2s[n+]1C. The molecule has 0 aliphatic heterocycles. The van der Waals surface area contributed by atoms with Crippen LogP contribution in [0.2, 0.25) is 0 Å². The minimum Gasteiger partial charge on any atom is -0.144 e. The van der Waals surface area contributed by atoms with Gasteiger partial charge < -0.3 is 0 Å². The third-order valence-electron chi connectivity index (χ3n) is 2.68. The Hall–Kier alpha value is -0.930. The smallest absolute Gasteiger partial charge is 0.144 e. The molecule has 0 saturated heterocycles. The van der Waals surface area contributed by atoms with Crippen molar-refractivity contribution < 1.29 is 3.96 Å². The first-order chi connectivity index (χ1) is 6.77. The maximum absolute atomic E-state index is 2.24. The Kier molecular flexibility index (Phi) is 1.66. The maximum Gasteiger partial charge on any atom is 0.200 e. The Morgan fingerprint density at radius 1 is 1.14 bits per heavy atom. The van der Waals surface area contributed by atoms with Gasteiger partial charge >= 0.3 is 0 Å². The van der Waals surface area contributed by atoms with Crippen molar-refractivity contribution in [1.82, 2.24) is 0 Å². The van der Waals surface area contributed by atoms with Crippen LogP contribution < -0.4 is 3.96 Å². The van der Waals surface area contributed by atoms with Crippen molar-refractivity contribution in [1.29, 1.82) is 0 Å². The second-order valence-corrected chi connectivity index (χ2v) is 5.54. The molecule has 3 heteroatoms. The van der Waals surface area contributed by atoms with Crippen LogP contribution in [0.4, 0.5) is 0 Å². The van der Waals surface area contributed by atoms with Crippen LogP contribution in [0, 0.1) is 6.92 Å². The molecular weight excluding hydrogens is 210 g/mol. The molecule has 0 N–H and O–H groups in total. The van der Waals surface area contributed by atoms with Gasteiger partial charge in [-0.1, -0.05) is 0 Å². The number of hydrogen-bond donors (Lipinski definition) is 0. The van der Waals surface area contributed by atoms with Gasteiger partial charge in [-0.05, 0) is 23.6 Å². The zero-order chi connectivity index (χ0) is 9.71. The van der Waals surface area contributed by atoms with E-state index in [0.29, 0.717) is 0 Å². The first-order valence-electron chi connectivity index (χ1n) is 4.53. The van der Waals surface area contributed by atoms with Crippen molar-refractivity contribution in [2.75, 3.05) is 0 Å². The summed E-state index contributed by atoms with van der Waals surface area (Å²) in [6.45, 7) is 2.18. The zero-order valence-electron chi connectivity index (χ0n) is 8.07. The number of fused-ring (bicyclic) bond motifs is 3. The first kappa shape index (κ1) is 8.38. The van der Waals surface area contributed by atoms with Crippen LogP contribution in [0.5, 0.6) is 0 Å². The van der Waals surface area contributed by atoms with Crippen LogP contribution in [-0.2, 0) is 7.05 Å². The van der Waals surface area contributed by atoms with E-state index in [2.05, 4.69) is 41.5 Å². The average molecular weight is 220 g/mol. The number of hydrogen-bond acceptors (Lipinski definition) is 2. The lowest BCUT2D eigenvalue weighted by Crippen LogP contribution is -2.24. The quantitative estimate of drug-likeness (QED) is 0.512. The van der Waals surface area contributed by atoms with E-state index in [1.807, 2.05) is 22.9 Å². The minimum atomic E-state index is 1.36. The lowest BCUT2D eigenvalue weighted by molar-refractivity contribution is -0.606. The fourth-order valence-corrected chi connectivity index (χ4v) is 3.73. The average Bonchev–Trinajstić information content (AvgIpc) is 2.73. The summed E-state index contributed by atoms with van der Waals surface area (Å²) >= 11 is 3.65. The second-order valence-electron chi connectivity index (χ2n) is 3.45. The second kappa shape index (κ2) is 2.78. The molecule has 0 spiro atoms. The van der Waals surface area contributed by atoms with Crippen molar-refractivity contribution in [2.45, 2.75) is 6.92 Å². The van der Waals surface area contributed by atoms with E-state index in [1.165, 1.54) is 25.9 Å². The predicted molar refractivity (Wildman–Crippen MR) is 63.1 cm³/mol. The Morgan fingerprint density at radius 3 is 2.86 bits per heavy atom. The highest BCUT2D eigenvalue weighted by molar-refractivity contribution is 7.18. The van der Waals surface area contributed by atoms with E-state index in [9.17, 15) is 0 Å². The number of rotatable bonds is 0. The summed E-state index contributed by atoms with van der Waals surface area (Å²) in [5, 5.41) is 4.96. The fourth-order valence-electron chi connectivity index (χ4n) is 1.78. The minimum absolute atomic E-state index is 1.36. The molecule has 0 aliphatic carbocycles. The Bertz CT molecular complexity index is 619. The molecule has 1 aromatic carbocycles. The molecule has 0 fully saturated rings. The molecule has 2 heterocycles. The fraction of sp³-hybridized carbons (Fsp3) is 0.182. The molecule has 3 rings (SSSR count). The standard InChI is InChI=1S/C11H10NS2/c1-7-8-3-4-10-9(5-6-13-10)11(8)14-12(7)2/h3-6H,1-2H3/q+1.